The van der Waals surface area contributed by atoms with Gasteiger partial charge in [-0.15, -0.1) is 11.8 Å². The van der Waals surface area contributed by atoms with Crippen molar-refractivity contribution in [1.29, 1.82) is 0 Å². The molecule has 0 atom stereocenters. The number of halogens is 4. The van der Waals surface area contributed by atoms with Gasteiger partial charge >= 0.3 is 0 Å². The van der Waals surface area contributed by atoms with Crippen LogP contribution in [0.3, 0.4) is 0 Å². The first kappa shape index (κ1) is 26.7. The third kappa shape index (κ3) is 8.10. The monoisotopic (exact) mass is 600 g/mol. The van der Waals surface area contributed by atoms with E-state index in [9.17, 15) is 4.79 Å². The number of carbonyl (C=O) groups excluding carboxylic acids is 1. The molecule has 0 fully saturated rings. The van der Waals surface area contributed by atoms with Gasteiger partial charge in [0.2, 0.25) is 5.91 Å². The van der Waals surface area contributed by atoms with Crippen LogP contribution in [0.2, 0.25) is 15.1 Å². The van der Waals surface area contributed by atoms with Crippen LogP contribution in [0.15, 0.2) is 69.1 Å². The van der Waals surface area contributed by atoms with E-state index in [0.717, 1.165) is 16.0 Å². The molecule has 0 heterocycles. The Morgan fingerprint density at radius 1 is 1.06 bits per heavy atom. The molecule has 10 heteroatoms. The highest BCUT2D eigenvalue weighted by molar-refractivity contribution is 9.10. The van der Waals surface area contributed by atoms with Crippen LogP contribution in [0.5, 0.6) is 11.5 Å². The highest BCUT2D eigenvalue weighted by atomic mass is 79.9. The number of amides is 1. The van der Waals surface area contributed by atoms with E-state index in [0.29, 0.717) is 37.6 Å². The topological polar surface area (TPSA) is 59.9 Å². The average Bonchev–Trinajstić information content (AvgIpc) is 2.80. The van der Waals surface area contributed by atoms with Crippen molar-refractivity contribution in [3.05, 3.63) is 85.3 Å². The smallest absolute Gasteiger partial charge is 0.250 e. The molecule has 34 heavy (non-hydrogen) atoms. The number of nitrogens with one attached hydrogen (secondary N) is 1. The minimum atomic E-state index is -0.220. The van der Waals surface area contributed by atoms with Crippen molar-refractivity contribution in [3.63, 3.8) is 0 Å². The summed E-state index contributed by atoms with van der Waals surface area (Å²) in [6, 6.07) is 16.2. The van der Waals surface area contributed by atoms with E-state index in [1.807, 2.05) is 31.2 Å². The first-order valence-corrected chi connectivity index (χ1v) is 13.0. The summed E-state index contributed by atoms with van der Waals surface area (Å²) in [5, 5.41) is 5.65. The Balaban J connectivity index is 1.61. The van der Waals surface area contributed by atoms with E-state index in [4.69, 9.17) is 44.3 Å². The molecule has 0 aliphatic rings. The fraction of sp³-hybridized carbons (Fsp3) is 0.167. The molecular weight excluding hydrogens is 583 g/mol. The molecule has 1 amide bonds. The summed E-state index contributed by atoms with van der Waals surface area (Å²) in [4.78, 5) is 13.0. The molecule has 0 saturated carbocycles. The van der Waals surface area contributed by atoms with Gasteiger partial charge in [-0.3, -0.25) is 4.79 Å². The molecule has 0 aromatic heterocycles. The Hall–Kier alpha value is -1.90. The fourth-order valence-corrected chi connectivity index (χ4v) is 4.45. The molecule has 3 aromatic rings. The van der Waals surface area contributed by atoms with E-state index < -0.39 is 0 Å². The van der Waals surface area contributed by atoms with Crippen molar-refractivity contribution < 1.29 is 14.3 Å². The SMILES string of the molecule is CCOc1cc(/C=N\NC(=O)CSc2ccc(Cl)cc2)cc(Br)c1OCc1ccc(Cl)c(Cl)c1. The van der Waals surface area contributed by atoms with Crippen molar-refractivity contribution in [2.45, 2.75) is 18.4 Å². The first-order chi connectivity index (χ1) is 16.4. The van der Waals surface area contributed by atoms with Crippen molar-refractivity contribution in [2.75, 3.05) is 12.4 Å². The largest absolute Gasteiger partial charge is 0.490 e. The maximum atomic E-state index is 12.1. The number of hydrogen-bond acceptors (Lipinski definition) is 5. The summed E-state index contributed by atoms with van der Waals surface area (Å²) in [6.07, 6.45) is 1.54. The molecule has 3 rings (SSSR count). The molecule has 0 unspecified atom stereocenters. The van der Waals surface area contributed by atoms with E-state index >= 15 is 0 Å². The van der Waals surface area contributed by atoms with Gasteiger partial charge in [-0.2, -0.15) is 5.10 Å². The zero-order valence-electron chi connectivity index (χ0n) is 18.0. The molecular formula is C24H20BrCl3N2O3S. The van der Waals surface area contributed by atoms with Crippen LogP contribution in [0, 0.1) is 0 Å². The lowest BCUT2D eigenvalue weighted by molar-refractivity contribution is -0.118. The Labute approximate surface area is 225 Å². The number of hydrazone groups is 1. The Kier molecular flexibility index (Phi) is 10.4. The number of carbonyl (C=O) groups is 1. The summed E-state index contributed by atoms with van der Waals surface area (Å²) >= 11 is 22.9. The number of ether oxygens (including phenoxy) is 2. The van der Waals surface area contributed by atoms with Gasteiger partial charge in [0.1, 0.15) is 6.61 Å². The number of hydrogen-bond donors (Lipinski definition) is 1. The van der Waals surface area contributed by atoms with Gasteiger partial charge in [0, 0.05) is 9.92 Å². The van der Waals surface area contributed by atoms with Crippen molar-refractivity contribution in [1.82, 2.24) is 5.43 Å². The standard InChI is InChI=1S/C24H20BrCl3N2O3S/c1-2-32-22-11-16(12-29-30-23(31)14-34-18-6-4-17(26)5-7-18)9-19(25)24(22)33-13-15-3-8-20(27)21(28)10-15/h3-12H,2,13-14H2,1H3,(H,30,31)/b29-12-. The van der Waals surface area contributed by atoms with Gasteiger partial charge < -0.3 is 9.47 Å². The second kappa shape index (κ2) is 13.3. The number of nitrogens with zero attached hydrogens (tertiary/aromatic N) is 1. The van der Waals surface area contributed by atoms with Crippen molar-refractivity contribution >= 4 is 74.6 Å². The van der Waals surface area contributed by atoms with Crippen LogP contribution < -0.4 is 14.9 Å². The summed E-state index contributed by atoms with van der Waals surface area (Å²) in [7, 11) is 0. The second-order valence-electron chi connectivity index (χ2n) is 6.84. The molecule has 0 radical (unpaired) electrons. The van der Waals surface area contributed by atoms with Crippen molar-refractivity contribution in [3.8, 4) is 11.5 Å². The number of benzene rings is 3. The normalized spacial score (nSPS) is 11.0. The van der Waals surface area contributed by atoms with Crippen LogP contribution in [-0.4, -0.2) is 24.5 Å². The molecule has 0 spiro atoms. The lowest BCUT2D eigenvalue weighted by atomic mass is 10.2. The molecule has 0 aliphatic carbocycles. The second-order valence-corrected chi connectivity index (χ2v) is 9.99. The molecule has 0 bridgehead atoms. The predicted molar refractivity (Wildman–Crippen MR) is 144 cm³/mol. The van der Waals surface area contributed by atoms with E-state index in [1.165, 1.54) is 11.8 Å². The van der Waals surface area contributed by atoms with Crippen LogP contribution in [0.4, 0.5) is 0 Å². The van der Waals surface area contributed by atoms with Crippen LogP contribution in [-0.2, 0) is 11.4 Å². The zero-order valence-corrected chi connectivity index (χ0v) is 22.7. The van der Waals surface area contributed by atoms with Crippen molar-refractivity contribution in [2.24, 2.45) is 5.10 Å². The lowest BCUT2D eigenvalue weighted by Crippen LogP contribution is -2.19. The predicted octanol–water partition coefficient (Wildman–Crippen LogP) is 7.63. The Bertz CT molecular complexity index is 1180. The third-order valence-corrected chi connectivity index (χ3v) is 6.88. The minimum Gasteiger partial charge on any atom is -0.490 e. The van der Waals surface area contributed by atoms with Gasteiger partial charge in [0.15, 0.2) is 11.5 Å². The minimum absolute atomic E-state index is 0.220. The fourth-order valence-electron chi connectivity index (χ4n) is 2.74. The third-order valence-electron chi connectivity index (χ3n) is 4.29. The summed E-state index contributed by atoms with van der Waals surface area (Å²) in [6.45, 7) is 2.62. The lowest BCUT2D eigenvalue weighted by Gasteiger charge is -2.15. The van der Waals surface area contributed by atoms with E-state index in [-0.39, 0.29) is 18.3 Å². The Morgan fingerprint density at radius 2 is 1.82 bits per heavy atom. The zero-order chi connectivity index (χ0) is 24.5. The van der Waals surface area contributed by atoms with Gasteiger partial charge in [-0.05, 0) is 82.5 Å². The van der Waals surface area contributed by atoms with E-state index in [1.54, 1.807) is 36.5 Å². The molecule has 1 N–H and O–H groups in total. The Morgan fingerprint density at radius 3 is 2.53 bits per heavy atom. The molecule has 3 aromatic carbocycles. The summed E-state index contributed by atoms with van der Waals surface area (Å²) in [5.74, 6) is 1.10. The molecule has 0 saturated heterocycles. The highest BCUT2D eigenvalue weighted by Crippen LogP contribution is 2.37. The van der Waals surface area contributed by atoms with E-state index in [2.05, 4.69) is 26.5 Å². The number of rotatable bonds is 10. The van der Waals surface area contributed by atoms with Gasteiger partial charge in [-0.25, -0.2) is 5.43 Å². The summed E-state index contributed by atoms with van der Waals surface area (Å²) in [5.41, 5.74) is 4.12. The average molecular weight is 603 g/mol. The first-order valence-electron chi connectivity index (χ1n) is 10.1. The van der Waals surface area contributed by atoms with Gasteiger partial charge in [-0.1, -0.05) is 40.9 Å². The van der Waals surface area contributed by atoms with Crippen LogP contribution in [0.1, 0.15) is 18.1 Å². The highest BCUT2D eigenvalue weighted by Gasteiger charge is 2.13. The number of thioether (sulfide) groups is 1. The molecule has 178 valence electrons. The van der Waals surface area contributed by atoms with Crippen LogP contribution >= 0.6 is 62.5 Å². The van der Waals surface area contributed by atoms with Gasteiger partial charge in [0.05, 0.1) is 33.1 Å². The molecule has 0 aliphatic heterocycles. The maximum Gasteiger partial charge on any atom is 0.250 e. The summed E-state index contributed by atoms with van der Waals surface area (Å²) < 4.78 is 12.4. The van der Waals surface area contributed by atoms with Gasteiger partial charge in [0.25, 0.3) is 0 Å². The molecule has 5 nitrogen and oxygen atoms in total. The van der Waals surface area contributed by atoms with Crippen LogP contribution in [0.25, 0.3) is 0 Å². The maximum absolute atomic E-state index is 12.1. The quantitative estimate of drug-likeness (QED) is 0.147.